The summed E-state index contributed by atoms with van der Waals surface area (Å²) in [5.41, 5.74) is 5.16. The largest absolute Gasteiger partial charge is 0.312 e. The topological polar surface area (TPSA) is 29.9 Å². The van der Waals surface area contributed by atoms with Gasteiger partial charge in [0.05, 0.1) is 12.2 Å². The van der Waals surface area contributed by atoms with Crippen LogP contribution >= 0.6 is 0 Å². The van der Waals surface area contributed by atoms with Crippen LogP contribution in [0.4, 0.5) is 0 Å². The third-order valence-corrected chi connectivity index (χ3v) is 3.53. The molecule has 1 heterocycles. The Morgan fingerprint density at radius 1 is 1.05 bits per heavy atom. The maximum absolute atomic E-state index is 4.51. The van der Waals surface area contributed by atoms with E-state index < -0.39 is 0 Å². The Morgan fingerprint density at radius 2 is 1.67 bits per heavy atom. The second-order valence-corrected chi connectivity index (χ2v) is 6.83. The third kappa shape index (κ3) is 5.01. The fraction of sp³-hybridized carbons (Fsp3) is 0.500. The van der Waals surface area contributed by atoms with Crippen molar-refractivity contribution in [3.63, 3.8) is 0 Å². The van der Waals surface area contributed by atoms with Crippen molar-refractivity contribution in [1.29, 1.82) is 0 Å². The van der Waals surface area contributed by atoms with Crippen LogP contribution in [0.25, 0.3) is 0 Å². The number of nitrogens with one attached hydrogen (secondary N) is 1. The molecule has 21 heavy (non-hydrogen) atoms. The Kier molecular flexibility index (Phi) is 4.84. The molecule has 0 bridgehead atoms. The molecule has 0 aliphatic rings. The second-order valence-electron chi connectivity index (χ2n) is 6.83. The standard InChI is InChI=1S/C18H27N3/c1-14-12-15(2)21(20-14)13-17-8-6-16(7-9-17)10-11-19-18(3,4)5/h6-9,12,19H,10-11,13H2,1-5H3. The molecule has 0 radical (unpaired) electrons. The summed E-state index contributed by atoms with van der Waals surface area (Å²) in [5.74, 6) is 0. The number of aromatic nitrogens is 2. The van der Waals surface area contributed by atoms with E-state index in [9.17, 15) is 0 Å². The molecule has 0 fully saturated rings. The van der Waals surface area contributed by atoms with Crippen molar-refractivity contribution in [2.24, 2.45) is 0 Å². The van der Waals surface area contributed by atoms with Gasteiger partial charge in [0.2, 0.25) is 0 Å². The van der Waals surface area contributed by atoms with E-state index in [0.717, 1.165) is 25.2 Å². The highest BCUT2D eigenvalue weighted by Crippen LogP contribution is 2.10. The molecule has 1 aromatic carbocycles. The molecule has 2 aromatic rings. The molecule has 0 spiro atoms. The zero-order valence-corrected chi connectivity index (χ0v) is 13.9. The van der Waals surface area contributed by atoms with Crippen molar-refractivity contribution in [2.75, 3.05) is 6.54 Å². The molecular weight excluding hydrogens is 258 g/mol. The van der Waals surface area contributed by atoms with Crippen molar-refractivity contribution < 1.29 is 0 Å². The van der Waals surface area contributed by atoms with Gasteiger partial charge in [-0.2, -0.15) is 5.10 Å². The first-order chi connectivity index (χ1) is 9.83. The van der Waals surface area contributed by atoms with E-state index in [1.165, 1.54) is 16.8 Å². The highest BCUT2D eigenvalue weighted by molar-refractivity contribution is 5.23. The lowest BCUT2D eigenvalue weighted by Crippen LogP contribution is -2.37. The minimum Gasteiger partial charge on any atom is -0.312 e. The third-order valence-electron chi connectivity index (χ3n) is 3.53. The van der Waals surface area contributed by atoms with Gasteiger partial charge >= 0.3 is 0 Å². The Balaban J connectivity index is 1.91. The molecule has 0 unspecified atom stereocenters. The van der Waals surface area contributed by atoms with Crippen LogP contribution in [0.5, 0.6) is 0 Å². The first kappa shape index (κ1) is 15.8. The molecule has 0 aliphatic carbocycles. The molecule has 3 nitrogen and oxygen atoms in total. The van der Waals surface area contributed by atoms with Gasteiger partial charge in [0.15, 0.2) is 0 Å². The Morgan fingerprint density at radius 3 is 2.19 bits per heavy atom. The van der Waals surface area contributed by atoms with Crippen LogP contribution in [0.2, 0.25) is 0 Å². The molecule has 1 N–H and O–H groups in total. The van der Waals surface area contributed by atoms with Gasteiger partial charge in [-0.1, -0.05) is 24.3 Å². The molecular formula is C18H27N3. The molecule has 114 valence electrons. The highest BCUT2D eigenvalue weighted by Gasteiger charge is 2.07. The van der Waals surface area contributed by atoms with Crippen molar-refractivity contribution in [2.45, 2.75) is 53.1 Å². The van der Waals surface area contributed by atoms with Gasteiger partial charge in [-0.15, -0.1) is 0 Å². The van der Waals surface area contributed by atoms with Crippen LogP contribution < -0.4 is 5.32 Å². The zero-order chi connectivity index (χ0) is 15.5. The molecule has 2 rings (SSSR count). The lowest BCUT2D eigenvalue weighted by Gasteiger charge is -2.20. The average molecular weight is 285 g/mol. The van der Waals surface area contributed by atoms with Gasteiger partial charge in [0.25, 0.3) is 0 Å². The monoisotopic (exact) mass is 285 g/mol. The maximum atomic E-state index is 4.51. The normalized spacial score (nSPS) is 11.9. The van der Waals surface area contributed by atoms with Crippen molar-refractivity contribution in [3.8, 4) is 0 Å². The number of hydrogen-bond donors (Lipinski definition) is 1. The van der Waals surface area contributed by atoms with Crippen molar-refractivity contribution in [3.05, 3.63) is 52.8 Å². The summed E-state index contributed by atoms with van der Waals surface area (Å²) in [6.07, 6.45) is 1.07. The van der Waals surface area contributed by atoms with E-state index in [4.69, 9.17) is 0 Å². The molecule has 1 aromatic heterocycles. The summed E-state index contributed by atoms with van der Waals surface area (Å²) in [6, 6.07) is 11.0. The number of aryl methyl sites for hydroxylation is 2. The van der Waals surface area contributed by atoms with Gasteiger partial charge in [0.1, 0.15) is 0 Å². The van der Waals surface area contributed by atoms with E-state index in [0.29, 0.717) is 0 Å². The quantitative estimate of drug-likeness (QED) is 0.911. The Hall–Kier alpha value is -1.61. The fourth-order valence-electron chi connectivity index (χ4n) is 2.40. The van der Waals surface area contributed by atoms with Gasteiger partial charge < -0.3 is 5.32 Å². The molecule has 0 amide bonds. The predicted octanol–water partition coefficient (Wildman–Crippen LogP) is 3.48. The minimum atomic E-state index is 0.190. The van der Waals surface area contributed by atoms with Gasteiger partial charge in [0, 0.05) is 11.2 Å². The van der Waals surface area contributed by atoms with Crippen LogP contribution in [-0.2, 0) is 13.0 Å². The maximum Gasteiger partial charge on any atom is 0.0662 e. The van der Waals surface area contributed by atoms with Crippen LogP contribution in [0.3, 0.4) is 0 Å². The molecule has 3 heteroatoms. The van der Waals surface area contributed by atoms with Gasteiger partial charge in [-0.05, 0) is 64.8 Å². The first-order valence-electron chi connectivity index (χ1n) is 7.67. The summed E-state index contributed by atoms with van der Waals surface area (Å²) in [5, 5.41) is 8.03. The summed E-state index contributed by atoms with van der Waals surface area (Å²) in [4.78, 5) is 0. The van der Waals surface area contributed by atoms with Crippen LogP contribution in [0.1, 0.15) is 43.3 Å². The molecule has 0 aliphatic heterocycles. The van der Waals surface area contributed by atoms with Crippen LogP contribution in [0, 0.1) is 13.8 Å². The van der Waals surface area contributed by atoms with Crippen molar-refractivity contribution in [1.82, 2.24) is 15.1 Å². The second kappa shape index (κ2) is 6.44. The van der Waals surface area contributed by atoms with E-state index in [-0.39, 0.29) is 5.54 Å². The average Bonchev–Trinajstić information content (AvgIpc) is 2.68. The van der Waals surface area contributed by atoms with E-state index >= 15 is 0 Å². The lowest BCUT2D eigenvalue weighted by atomic mass is 10.1. The number of hydrogen-bond acceptors (Lipinski definition) is 2. The fourth-order valence-corrected chi connectivity index (χ4v) is 2.40. The van der Waals surface area contributed by atoms with Gasteiger partial charge in [-0.25, -0.2) is 0 Å². The molecule has 0 atom stereocenters. The Bertz CT molecular complexity index is 574. The summed E-state index contributed by atoms with van der Waals surface area (Å²) >= 11 is 0. The summed E-state index contributed by atoms with van der Waals surface area (Å²) < 4.78 is 2.06. The minimum absolute atomic E-state index is 0.190. The summed E-state index contributed by atoms with van der Waals surface area (Å²) in [6.45, 7) is 12.6. The Labute approximate surface area is 128 Å². The number of rotatable bonds is 5. The van der Waals surface area contributed by atoms with E-state index in [2.05, 4.69) is 73.1 Å². The lowest BCUT2D eigenvalue weighted by molar-refractivity contribution is 0.429. The number of benzene rings is 1. The van der Waals surface area contributed by atoms with E-state index in [1.807, 2.05) is 6.92 Å². The van der Waals surface area contributed by atoms with E-state index in [1.54, 1.807) is 0 Å². The van der Waals surface area contributed by atoms with Crippen molar-refractivity contribution >= 4 is 0 Å². The van der Waals surface area contributed by atoms with Gasteiger partial charge in [-0.3, -0.25) is 4.68 Å². The number of nitrogens with zero attached hydrogens (tertiary/aromatic N) is 2. The predicted molar refractivity (Wildman–Crippen MR) is 88.7 cm³/mol. The summed E-state index contributed by atoms with van der Waals surface area (Å²) in [7, 11) is 0. The highest BCUT2D eigenvalue weighted by atomic mass is 15.3. The zero-order valence-electron chi connectivity index (χ0n) is 13.9. The van der Waals surface area contributed by atoms with Crippen LogP contribution in [0.15, 0.2) is 30.3 Å². The smallest absolute Gasteiger partial charge is 0.0662 e. The molecule has 0 saturated heterocycles. The SMILES string of the molecule is Cc1cc(C)n(Cc2ccc(CCNC(C)(C)C)cc2)n1. The first-order valence-corrected chi connectivity index (χ1v) is 7.67. The molecule has 0 saturated carbocycles. The van der Waals surface area contributed by atoms with Crippen LogP contribution in [-0.4, -0.2) is 21.9 Å².